The zero-order chi connectivity index (χ0) is 17.8. The maximum absolute atomic E-state index is 12.7. The van der Waals surface area contributed by atoms with Gasteiger partial charge in [0.25, 0.3) is 11.8 Å². The van der Waals surface area contributed by atoms with Crippen LogP contribution in [-0.4, -0.2) is 40.4 Å². The number of carboxylic acid groups (broad SMARTS) is 1. The summed E-state index contributed by atoms with van der Waals surface area (Å²) in [5, 5.41) is 12.0. The molecule has 7 nitrogen and oxygen atoms in total. The summed E-state index contributed by atoms with van der Waals surface area (Å²) in [4.78, 5) is 37.5. The first-order chi connectivity index (χ1) is 12.1. The second-order valence-corrected chi connectivity index (χ2v) is 5.90. The first kappa shape index (κ1) is 16.8. The molecule has 1 fully saturated rings. The van der Waals surface area contributed by atoms with Crippen LogP contribution in [0.4, 0.5) is 5.69 Å². The number of carboxylic acids is 1. The normalized spacial score (nSPS) is 17.1. The van der Waals surface area contributed by atoms with Crippen molar-refractivity contribution >= 4 is 23.5 Å². The number of hydrogen-bond donors (Lipinski definition) is 2. The van der Waals surface area contributed by atoms with Gasteiger partial charge in [-0.2, -0.15) is 0 Å². The van der Waals surface area contributed by atoms with E-state index in [0.717, 1.165) is 12.8 Å². The van der Waals surface area contributed by atoms with Crippen LogP contribution < -0.4 is 5.32 Å². The lowest BCUT2D eigenvalue weighted by molar-refractivity contribution is -0.143. The summed E-state index contributed by atoms with van der Waals surface area (Å²) in [5.41, 5.74) is 1.18. The van der Waals surface area contributed by atoms with Gasteiger partial charge < -0.3 is 19.7 Å². The Morgan fingerprint density at radius 2 is 2.00 bits per heavy atom. The van der Waals surface area contributed by atoms with Crippen molar-refractivity contribution in [2.24, 2.45) is 0 Å². The summed E-state index contributed by atoms with van der Waals surface area (Å²) in [6, 6.07) is 7.22. The number of carbonyl (C=O) groups is 3. The van der Waals surface area contributed by atoms with E-state index in [1.807, 2.05) is 0 Å². The van der Waals surface area contributed by atoms with Gasteiger partial charge in [0.1, 0.15) is 12.3 Å². The molecule has 1 aromatic heterocycles. The molecule has 2 N–H and O–H groups in total. The molecule has 7 heteroatoms. The number of hydrogen-bond acceptors (Lipinski definition) is 4. The fourth-order valence-electron chi connectivity index (χ4n) is 2.92. The molecular weight excluding hydrogens is 324 g/mol. The van der Waals surface area contributed by atoms with Gasteiger partial charge in [0, 0.05) is 17.8 Å². The lowest BCUT2D eigenvalue weighted by atomic mass is 10.0. The van der Waals surface area contributed by atoms with Crippen LogP contribution in [0.5, 0.6) is 0 Å². The highest BCUT2D eigenvalue weighted by Gasteiger charge is 2.32. The molecule has 0 radical (unpaired) electrons. The Hall–Kier alpha value is -3.09. The van der Waals surface area contributed by atoms with Crippen LogP contribution in [0.15, 0.2) is 47.3 Å². The van der Waals surface area contributed by atoms with Crippen LogP contribution in [0.1, 0.15) is 40.0 Å². The lowest BCUT2D eigenvalue weighted by Crippen LogP contribution is -2.48. The molecule has 0 spiro atoms. The van der Waals surface area contributed by atoms with E-state index in [1.165, 1.54) is 23.5 Å². The van der Waals surface area contributed by atoms with E-state index in [-0.39, 0.29) is 11.8 Å². The van der Waals surface area contributed by atoms with E-state index in [0.29, 0.717) is 29.8 Å². The minimum Gasteiger partial charge on any atom is -0.480 e. The molecule has 1 saturated heterocycles. The standard InChI is InChI=1S/C18H18N2O5/c21-16(13-7-9-25-11-13)19-14-5-3-4-12(10-14)17(22)20-8-2-1-6-15(20)18(23)24/h3-5,7,9-11,15H,1-2,6,8H2,(H,19,21)(H,23,24). The number of aliphatic carboxylic acids is 1. The third-order valence-corrected chi connectivity index (χ3v) is 4.20. The van der Waals surface area contributed by atoms with Crippen molar-refractivity contribution in [3.63, 3.8) is 0 Å². The van der Waals surface area contributed by atoms with Crippen LogP contribution in [0.3, 0.4) is 0 Å². The summed E-state index contributed by atoms with van der Waals surface area (Å²) >= 11 is 0. The summed E-state index contributed by atoms with van der Waals surface area (Å²) in [6.45, 7) is 0.418. The molecule has 3 rings (SSSR count). The average molecular weight is 342 g/mol. The molecule has 2 amide bonds. The van der Waals surface area contributed by atoms with E-state index < -0.39 is 12.0 Å². The van der Waals surface area contributed by atoms with Crippen molar-refractivity contribution in [3.8, 4) is 0 Å². The quantitative estimate of drug-likeness (QED) is 0.889. The molecule has 2 aromatic rings. The zero-order valence-electron chi connectivity index (χ0n) is 13.5. The Kier molecular flexibility index (Phi) is 4.83. The van der Waals surface area contributed by atoms with E-state index in [9.17, 15) is 19.5 Å². The summed E-state index contributed by atoms with van der Waals surface area (Å²) in [7, 11) is 0. The highest BCUT2D eigenvalue weighted by Crippen LogP contribution is 2.21. The van der Waals surface area contributed by atoms with Gasteiger partial charge in [0.2, 0.25) is 0 Å². The molecule has 1 atom stereocenters. The molecule has 0 aliphatic carbocycles. The Bertz CT molecular complexity index is 785. The third-order valence-electron chi connectivity index (χ3n) is 4.20. The SMILES string of the molecule is O=C(Nc1cccc(C(=O)N2CCCCC2C(=O)O)c1)c1ccoc1. The predicted molar refractivity (Wildman–Crippen MR) is 89.4 cm³/mol. The van der Waals surface area contributed by atoms with Crippen LogP contribution in [0, 0.1) is 0 Å². The van der Waals surface area contributed by atoms with Crippen LogP contribution in [0.25, 0.3) is 0 Å². The summed E-state index contributed by atoms with van der Waals surface area (Å²) in [5.74, 6) is -1.68. The minimum atomic E-state index is -0.988. The first-order valence-electron chi connectivity index (χ1n) is 8.03. The van der Waals surface area contributed by atoms with Crippen LogP contribution >= 0.6 is 0 Å². The highest BCUT2D eigenvalue weighted by molar-refractivity contribution is 6.05. The number of furan rings is 1. The van der Waals surface area contributed by atoms with Crippen molar-refractivity contribution in [2.75, 3.05) is 11.9 Å². The summed E-state index contributed by atoms with van der Waals surface area (Å²) < 4.78 is 4.87. The molecule has 25 heavy (non-hydrogen) atoms. The molecule has 1 unspecified atom stereocenters. The van der Waals surface area contributed by atoms with Crippen molar-refractivity contribution < 1.29 is 23.9 Å². The van der Waals surface area contributed by atoms with Gasteiger partial charge in [-0.1, -0.05) is 6.07 Å². The van der Waals surface area contributed by atoms with Gasteiger partial charge >= 0.3 is 5.97 Å². The Balaban J connectivity index is 1.77. The number of amides is 2. The molecule has 1 aliphatic heterocycles. The molecular formula is C18H18N2O5. The Labute approximate surface area is 144 Å². The Morgan fingerprint density at radius 3 is 2.72 bits per heavy atom. The minimum absolute atomic E-state index is 0.341. The second kappa shape index (κ2) is 7.21. The van der Waals surface area contributed by atoms with E-state index in [1.54, 1.807) is 24.3 Å². The monoisotopic (exact) mass is 342 g/mol. The highest BCUT2D eigenvalue weighted by atomic mass is 16.4. The molecule has 0 bridgehead atoms. The van der Waals surface area contributed by atoms with Gasteiger partial charge in [-0.05, 0) is 43.5 Å². The number of nitrogens with one attached hydrogen (secondary N) is 1. The maximum atomic E-state index is 12.7. The number of piperidine rings is 1. The first-order valence-corrected chi connectivity index (χ1v) is 8.03. The van der Waals surface area contributed by atoms with Crippen LogP contribution in [-0.2, 0) is 4.79 Å². The van der Waals surface area contributed by atoms with Gasteiger partial charge in [-0.15, -0.1) is 0 Å². The number of benzene rings is 1. The zero-order valence-corrected chi connectivity index (χ0v) is 13.5. The number of anilines is 1. The maximum Gasteiger partial charge on any atom is 0.326 e. The molecule has 1 aromatic carbocycles. The van der Waals surface area contributed by atoms with E-state index in [2.05, 4.69) is 5.32 Å². The van der Waals surface area contributed by atoms with Crippen molar-refractivity contribution in [3.05, 3.63) is 54.0 Å². The van der Waals surface area contributed by atoms with E-state index in [4.69, 9.17) is 4.42 Å². The smallest absolute Gasteiger partial charge is 0.326 e. The second-order valence-electron chi connectivity index (χ2n) is 5.90. The fraction of sp³-hybridized carbons (Fsp3) is 0.278. The number of likely N-dealkylation sites (tertiary alicyclic amines) is 1. The van der Waals surface area contributed by atoms with Crippen molar-refractivity contribution in [1.82, 2.24) is 4.90 Å². The number of rotatable bonds is 4. The molecule has 130 valence electrons. The largest absolute Gasteiger partial charge is 0.480 e. The van der Waals surface area contributed by atoms with Gasteiger partial charge in [-0.3, -0.25) is 9.59 Å². The van der Waals surface area contributed by atoms with Gasteiger partial charge in [0.05, 0.1) is 11.8 Å². The van der Waals surface area contributed by atoms with E-state index >= 15 is 0 Å². The van der Waals surface area contributed by atoms with Gasteiger partial charge in [0.15, 0.2) is 0 Å². The fourth-order valence-corrected chi connectivity index (χ4v) is 2.92. The molecule has 1 aliphatic rings. The average Bonchev–Trinajstić information content (AvgIpc) is 3.16. The molecule has 2 heterocycles. The van der Waals surface area contributed by atoms with Gasteiger partial charge in [-0.25, -0.2) is 4.79 Å². The predicted octanol–water partition coefficient (Wildman–Crippen LogP) is 2.61. The number of carbonyl (C=O) groups excluding carboxylic acids is 2. The molecule has 0 saturated carbocycles. The summed E-state index contributed by atoms with van der Waals surface area (Å²) in [6.07, 6.45) is 4.76. The Morgan fingerprint density at radius 1 is 1.16 bits per heavy atom. The van der Waals surface area contributed by atoms with Crippen LogP contribution in [0.2, 0.25) is 0 Å². The lowest BCUT2D eigenvalue weighted by Gasteiger charge is -2.33. The topological polar surface area (TPSA) is 99.9 Å². The van der Waals surface area contributed by atoms with Crippen molar-refractivity contribution in [1.29, 1.82) is 0 Å². The number of nitrogens with zero attached hydrogens (tertiary/aromatic N) is 1. The van der Waals surface area contributed by atoms with Crippen molar-refractivity contribution in [2.45, 2.75) is 25.3 Å². The third kappa shape index (κ3) is 3.71.